The Bertz CT molecular complexity index is 1660. The van der Waals surface area contributed by atoms with E-state index in [1.54, 1.807) is 0 Å². The molecule has 196 valence electrons. The van der Waals surface area contributed by atoms with Crippen molar-refractivity contribution in [2.24, 2.45) is 0 Å². The fourth-order valence-corrected chi connectivity index (χ4v) is 5.55. The van der Waals surface area contributed by atoms with Crippen molar-refractivity contribution in [2.75, 3.05) is 5.32 Å². The van der Waals surface area contributed by atoms with Gasteiger partial charge in [-0.15, -0.1) is 0 Å². The highest BCUT2D eigenvalue weighted by atomic mass is 16.2. The van der Waals surface area contributed by atoms with Crippen LogP contribution >= 0.6 is 0 Å². The fourth-order valence-electron chi connectivity index (χ4n) is 5.55. The molecule has 1 N–H and O–H groups in total. The van der Waals surface area contributed by atoms with E-state index >= 15 is 0 Å². The number of urea groups is 1. The number of fused-ring (bicyclic) bond motifs is 3. The predicted octanol–water partition coefficient (Wildman–Crippen LogP) is 7.29. The number of aryl methyl sites for hydroxylation is 4. The predicted molar refractivity (Wildman–Crippen MR) is 156 cm³/mol. The minimum Gasteiger partial charge on any atom is -0.308 e. The lowest BCUT2D eigenvalue weighted by Gasteiger charge is -2.31. The molecule has 1 aliphatic rings. The Morgan fingerprint density at radius 3 is 2.49 bits per heavy atom. The van der Waals surface area contributed by atoms with Crippen molar-refractivity contribution in [1.29, 1.82) is 0 Å². The Kier molecular flexibility index (Phi) is 6.31. The van der Waals surface area contributed by atoms with Crippen molar-refractivity contribution in [3.63, 3.8) is 0 Å². The Morgan fingerprint density at radius 2 is 1.74 bits per heavy atom. The van der Waals surface area contributed by atoms with E-state index in [1.165, 1.54) is 5.56 Å². The van der Waals surface area contributed by atoms with Gasteiger partial charge in [-0.1, -0.05) is 61.0 Å². The molecule has 0 aliphatic carbocycles. The molecule has 2 aromatic heterocycles. The number of carbonyl (C=O) groups excluding carboxylic acids is 1. The lowest BCUT2D eigenvalue weighted by Crippen LogP contribution is -2.38. The van der Waals surface area contributed by atoms with Gasteiger partial charge in [0.25, 0.3) is 0 Å². The average Bonchev–Trinajstić information content (AvgIpc) is 3.52. The Balaban J connectivity index is 1.55. The van der Waals surface area contributed by atoms with Crippen LogP contribution in [0.25, 0.3) is 11.5 Å². The number of benzene rings is 3. The molecular weight excluding hydrogens is 482 g/mol. The number of anilines is 1. The molecule has 0 radical (unpaired) electrons. The van der Waals surface area contributed by atoms with Crippen LogP contribution < -0.4 is 5.32 Å². The molecule has 0 saturated heterocycles. The maximum Gasteiger partial charge on any atom is 0.322 e. The van der Waals surface area contributed by atoms with Crippen molar-refractivity contribution in [3.05, 3.63) is 130 Å². The van der Waals surface area contributed by atoms with Crippen LogP contribution in [-0.4, -0.2) is 25.3 Å². The Labute approximate surface area is 229 Å². The van der Waals surface area contributed by atoms with Gasteiger partial charge in [-0.05, 0) is 80.3 Å². The van der Waals surface area contributed by atoms with Gasteiger partial charge in [0.05, 0.1) is 29.7 Å². The number of aromatic nitrogens is 3. The zero-order chi connectivity index (χ0) is 27.1. The van der Waals surface area contributed by atoms with Crippen LogP contribution in [0.3, 0.4) is 0 Å². The van der Waals surface area contributed by atoms with Crippen LogP contribution in [0, 0.1) is 20.8 Å². The molecule has 3 aromatic carbocycles. The number of amides is 2. The van der Waals surface area contributed by atoms with Gasteiger partial charge in [-0.3, -0.25) is 0 Å². The first-order valence-electron chi connectivity index (χ1n) is 13.5. The molecule has 39 heavy (non-hydrogen) atoms. The molecular formula is C33H33N5O. The smallest absolute Gasteiger partial charge is 0.308 e. The van der Waals surface area contributed by atoms with Crippen molar-refractivity contribution < 1.29 is 4.79 Å². The average molecular weight is 516 g/mol. The van der Waals surface area contributed by atoms with Crippen LogP contribution in [0.5, 0.6) is 0 Å². The first-order valence-corrected chi connectivity index (χ1v) is 13.5. The zero-order valence-electron chi connectivity index (χ0n) is 22.8. The molecule has 1 atom stereocenters. The van der Waals surface area contributed by atoms with Gasteiger partial charge in [0.1, 0.15) is 5.82 Å². The molecule has 2 amide bonds. The number of carbonyl (C=O) groups is 1. The summed E-state index contributed by atoms with van der Waals surface area (Å²) in [5.74, 6) is 0.984. The van der Waals surface area contributed by atoms with Gasteiger partial charge in [0.2, 0.25) is 0 Å². The number of hydrogen-bond acceptors (Lipinski definition) is 2. The molecule has 0 bridgehead atoms. The van der Waals surface area contributed by atoms with Gasteiger partial charge in [-0.2, -0.15) is 5.10 Å². The first kappa shape index (κ1) is 24.7. The summed E-state index contributed by atoms with van der Waals surface area (Å²) in [6.45, 7) is 8.79. The van der Waals surface area contributed by atoms with Gasteiger partial charge in [0, 0.05) is 17.4 Å². The number of nitrogens with zero attached hydrogens (tertiary/aromatic N) is 4. The quantitative estimate of drug-likeness (QED) is 0.273. The third kappa shape index (κ3) is 4.42. The van der Waals surface area contributed by atoms with E-state index in [2.05, 4.69) is 92.3 Å². The van der Waals surface area contributed by atoms with Crippen molar-refractivity contribution in [1.82, 2.24) is 19.2 Å². The summed E-state index contributed by atoms with van der Waals surface area (Å²) in [7, 11) is 0. The zero-order valence-corrected chi connectivity index (χ0v) is 22.8. The standard InChI is InChI=1S/C33H33N5O/c1-5-29-28-21-37(33(39)34-26-17-16-23(3)24(4)20-26)31(25-12-9-11-22(2)19-25)30-15-10-18-36(30)32(28)38(35-29)27-13-7-6-8-14-27/h6-20,31H,5,21H2,1-4H3,(H,34,39)/t31-/m0/s1. The van der Waals surface area contributed by atoms with Gasteiger partial charge < -0.3 is 14.8 Å². The highest BCUT2D eigenvalue weighted by Gasteiger charge is 2.36. The maximum atomic E-state index is 14.2. The third-order valence-electron chi connectivity index (χ3n) is 7.68. The van der Waals surface area contributed by atoms with Crippen LogP contribution in [0.4, 0.5) is 10.5 Å². The van der Waals surface area contributed by atoms with E-state index in [1.807, 2.05) is 46.0 Å². The summed E-state index contributed by atoms with van der Waals surface area (Å²) in [5.41, 5.74) is 9.44. The molecule has 0 unspecified atom stereocenters. The van der Waals surface area contributed by atoms with E-state index in [-0.39, 0.29) is 12.1 Å². The second-order valence-electron chi connectivity index (χ2n) is 10.3. The molecule has 1 aliphatic heterocycles. The summed E-state index contributed by atoms with van der Waals surface area (Å²) < 4.78 is 4.24. The first-order chi connectivity index (χ1) is 18.9. The van der Waals surface area contributed by atoms with Crippen LogP contribution in [0.15, 0.2) is 91.1 Å². The Hall–Kier alpha value is -4.58. The fraction of sp³-hybridized carbons (Fsp3) is 0.212. The molecule has 0 spiro atoms. The van der Waals surface area contributed by atoms with E-state index in [0.29, 0.717) is 6.54 Å². The van der Waals surface area contributed by atoms with Crippen molar-refractivity contribution in [3.8, 4) is 11.5 Å². The normalized spacial score (nSPS) is 14.5. The number of nitrogens with one attached hydrogen (secondary N) is 1. The van der Waals surface area contributed by atoms with Crippen LogP contribution in [0.2, 0.25) is 0 Å². The summed E-state index contributed by atoms with van der Waals surface area (Å²) >= 11 is 0. The summed E-state index contributed by atoms with van der Waals surface area (Å²) in [4.78, 5) is 16.1. The minimum atomic E-state index is -0.284. The lowest BCUT2D eigenvalue weighted by molar-refractivity contribution is 0.194. The SMILES string of the molecule is CCc1nn(-c2ccccc2)c2c1CN(C(=O)Nc1ccc(C)c(C)c1)[C@@H](c1cccc(C)c1)c1cccn1-2. The second-order valence-corrected chi connectivity index (χ2v) is 10.3. The van der Waals surface area contributed by atoms with Crippen LogP contribution in [-0.2, 0) is 13.0 Å². The van der Waals surface area contributed by atoms with Crippen molar-refractivity contribution >= 4 is 11.7 Å². The van der Waals surface area contributed by atoms with Crippen LogP contribution in [0.1, 0.15) is 52.2 Å². The van der Waals surface area contributed by atoms with E-state index in [0.717, 1.165) is 57.3 Å². The monoisotopic (exact) mass is 515 g/mol. The largest absolute Gasteiger partial charge is 0.322 e. The molecule has 5 aromatic rings. The molecule has 6 rings (SSSR count). The summed E-state index contributed by atoms with van der Waals surface area (Å²) in [6.07, 6.45) is 2.85. The molecule has 3 heterocycles. The molecule has 0 saturated carbocycles. The van der Waals surface area contributed by atoms with E-state index in [9.17, 15) is 4.79 Å². The molecule has 0 fully saturated rings. The topological polar surface area (TPSA) is 55.1 Å². The second kappa shape index (κ2) is 9.95. The highest BCUT2D eigenvalue weighted by Crippen LogP contribution is 2.39. The number of hydrogen-bond donors (Lipinski definition) is 1. The van der Waals surface area contributed by atoms with Gasteiger partial charge in [0.15, 0.2) is 0 Å². The van der Waals surface area contributed by atoms with Gasteiger partial charge in [-0.25, -0.2) is 9.48 Å². The summed E-state index contributed by atoms with van der Waals surface area (Å²) in [6, 6.07) is 28.5. The molecule has 6 heteroatoms. The van der Waals surface area contributed by atoms with Crippen molar-refractivity contribution in [2.45, 2.75) is 46.7 Å². The lowest BCUT2D eigenvalue weighted by atomic mass is 10.00. The Morgan fingerprint density at radius 1 is 0.923 bits per heavy atom. The van der Waals surface area contributed by atoms with E-state index < -0.39 is 0 Å². The number of rotatable bonds is 4. The maximum absolute atomic E-state index is 14.2. The van der Waals surface area contributed by atoms with Gasteiger partial charge >= 0.3 is 6.03 Å². The summed E-state index contributed by atoms with van der Waals surface area (Å²) in [5, 5.41) is 8.25. The van der Waals surface area contributed by atoms with E-state index in [4.69, 9.17) is 5.10 Å². The third-order valence-corrected chi connectivity index (χ3v) is 7.68. The number of para-hydroxylation sites is 1. The molecule has 6 nitrogen and oxygen atoms in total. The highest BCUT2D eigenvalue weighted by molar-refractivity contribution is 5.90. The minimum absolute atomic E-state index is 0.139.